The maximum atomic E-state index is 5.52. The molecule has 0 aromatic heterocycles. The predicted molar refractivity (Wildman–Crippen MR) is 53.4 cm³/mol. The van der Waals surface area contributed by atoms with Crippen LogP contribution >= 0.6 is 0 Å². The van der Waals surface area contributed by atoms with Gasteiger partial charge in [-0.3, -0.25) is 0 Å². The van der Waals surface area contributed by atoms with Gasteiger partial charge in [0.15, 0.2) is 0 Å². The van der Waals surface area contributed by atoms with E-state index in [0.29, 0.717) is 12.0 Å². The minimum absolute atomic E-state index is 0.361. The minimum Gasteiger partial charge on any atom is -0.378 e. The summed E-state index contributed by atoms with van der Waals surface area (Å²) in [5, 5.41) is 0. The molecule has 0 bridgehead atoms. The van der Waals surface area contributed by atoms with Gasteiger partial charge in [-0.2, -0.15) is 0 Å². The fourth-order valence-corrected chi connectivity index (χ4v) is 1.07. The highest BCUT2D eigenvalue weighted by Gasteiger charge is 2.05. The minimum atomic E-state index is 0.361. The molecule has 0 radical (unpaired) electrons. The lowest BCUT2D eigenvalue weighted by molar-refractivity contribution is 0.0476. The second-order valence-corrected chi connectivity index (χ2v) is 3.84. The lowest BCUT2D eigenvalue weighted by Crippen LogP contribution is -2.27. The van der Waals surface area contributed by atoms with E-state index < -0.39 is 0 Å². The van der Waals surface area contributed by atoms with Crippen LogP contribution in [0.2, 0.25) is 0 Å². The molecule has 12 heavy (non-hydrogen) atoms. The summed E-state index contributed by atoms with van der Waals surface area (Å²) in [4.78, 5) is 2.31. The summed E-state index contributed by atoms with van der Waals surface area (Å²) in [6.45, 7) is 11.7. The first-order valence-electron chi connectivity index (χ1n) is 4.86. The third-order valence-electron chi connectivity index (χ3n) is 1.88. The molecular weight excluding hydrogens is 150 g/mol. The van der Waals surface area contributed by atoms with Crippen LogP contribution in [-0.4, -0.2) is 37.7 Å². The Morgan fingerprint density at radius 2 is 1.83 bits per heavy atom. The van der Waals surface area contributed by atoms with Gasteiger partial charge < -0.3 is 9.64 Å². The van der Waals surface area contributed by atoms with Gasteiger partial charge in [-0.1, -0.05) is 13.8 Å². The second-order valence-electron chi connectivity index (χ2n) is 3.84. The zero-order valence-corrected chi connectivity index (χ0v) is 9.13. The molecule has 0 spiro atoms. The molecule has 0 saturated heterocycles. The van der Waals surface area contributed by atoms with E-state index in [1.54, 1.807) is 0 Å². The summed E-state index contributed by atoms with van der Waals surface area (Å²) in [6.07, 6.45) is 0.361. The molecule has 0 fully saturated rings. The number of rotatable bonds is 6. The van der Waals surface area contributed by atoms with Crippen LogP contribution < -0.4 is 0 Å². The van der Waals surface area contributed by atoms with Crippen molar-refractivity contribution in [1.82, 2.24) is 4.90 Å². The monoisotopic (exact) mass is 173 g/mol. The highest BCUT2D eigenvalue weighted by atomic mass is 16.5. The van der Waals surface area contributed by atoms with E-state index in [1.807, 2.05) is 0 Å². The number of hydrogen-bond acceptors (Lipinski definition) is 2. The van der Waals surface area contributed by atoms with Crippen LogP contribution in [0.1, 0.15) is 27.7 Å². The van der Waals surface area contributed by atoms with Gasteiger partial charge in [0.2, 0.25) is 0 Å². The van der Waals surface area contributed by atoms with Gasteiger partial charge in [-0.25, -0.2) is 0 Å². The van der Waals surface area contributed by atoms with Gasteiger partial charge in [0.1, 0.15) is 0 Å². The number of hydrogen-bond donors (Lipinski definition) is 0. The Morgan fingerprint density at radius 3 is 2.25 bits per heavy atom. The van der Waals surface area contributed by atoms with E-state index in [2.05, 4.69) is 39.6 Å². The van der Waals surface area contributed by atoms with Crippen molar-refractivity contribution in [2.24, 2.45) is 5.92 Å². The van der Waals surface area contributed by atoms with Crippen molar-refractivity contribution in [3.63, 3.8) is 0 Å². The van der Waals surface area contributed by atoms with E-state index in [4.69, 9.17) is 4.74 Å². The largest absolute Gasteiger partial charge is 0.378 e. The van der Waals surface area contributed by atoms with Crippen molar-refractivity contribution >= 4 is 0 Å². The molecule has 1 unspecified atom stereocenters. The highest BCUT2D eigenvalue weighted by Crippen LogP contribution is 2.00. The topological polar surface area (TPSA) is 12.5 Å². The maximum Gasteiger partial charge on any atom is 0.0519 e. The smallest absolute Gasteiger partial charge is 0.0519 e. The van der Waals surface area contributed by atoms with E-state index in [9.17, 15) is 0 Å². The lowest BCUT2D eigenvalue weighted by atomic mass is 10.2. The van der Waals surface area contributed by atoms with E-state index >= 15 is 0 Å². The van der Waals surface area contributed by atoms with Gasteiger partial charge >= 0.3 is 0 Å². The third-order valence-corrected chi connectivity index (χ3v) is 1.88. The zero-order valence-electron chi connectivity index (χ0n) is 9.13. The van der Waals surface area contributed by atoms with Crippen LogP contribution in [0, 0.1) is 5.92 Å². The number of ether oxygens (including phenoxy) is 1. The lowest BCUT2D eigenvalue weighted by Gasteiger charge is -2.20. The Bertz CT molecular complexity index is 104. The van der Waals surface area contributed by atoms with Crippen LogP contribution in [0.4, 0.5) is 0 Å². The quantitative estimate of drug-likeness (QED) is 0.609. The molecule has 74 valence electrons. The summed E-state index contributed by atoms with van der Waals surface area (Å²) >= 11 is 0. The van der Waals surface area contributed by atoms with Crippen molar-refractivity contribution in [2.75, 3.05) is 26.7 Å². The van der Waals surface area contributed by atoms with E-state index in [1.165, 1.54) is 0 Å². The van der Waals surface area contributed by atoms with Crippen LogP contribution in [0.3, 0.4) is 0 Å². The second kappa shape index (κ2) is 6.44. The molecule has 0 aromatic rings. The van der Waals surface area contributed by atoms with Crippen molar-refractivity contribution in [2.45, 2.75) is 33.8 Å². The molecule has 0 rings (SSSR count). The Morgan fingerprint density at radius 1 is 1.25 bits per heavy atom. The molecule has 0 N–H and O–H groups in total. The molecule has 0 aliphatic carbocycles. The molecule has 2 heteroatoms. The highest BCUT2D eigenvalue weighted by molar-refractivity contribution is 4.57. The average molecular weight is 173 g/mol. The third kappa shape index (κ3) is 6.62. The Labute approximate surface area is 76.9 Å². The summed E-state index contributed by atoms with van der Waals surface area (Å²) < 4.78 is 5.52. The SMILES string of the molecule is CCN(C)CC(C)COC(C)C. The molecule has 1 atom stereocenters. The molecule has 0 aliphatic rings. The van der Waals surface area contributed by atoms with Gasteiger partial charge in [0, 0.05) is 6.54 Å². The van der Waals surface area contributed by atoms with Gasteiger partial charge in [-0.15, -0.1) is 0 Å². The molecule has 0 heterocycles. The molecule has 0 aromatic carbocycles. The van der Waals surface area contributed by atoms with E-state index in [-0.39, 0.29) is 0 Å². The average Bonchev–Trinajstić information content (AvgIpc) is 2.00. The summed E-state index contributed by atoms with van der Waals surface area (Å²) in [6, 6.07) is 0. The fraction of sp³-hybridized carbons (Fsp3) is 1.00. The number of nitrogens with zero attached hydrogens (tertiary/aromatic N) is 1. The first-order valence-corrected chi connectivity index (χ1v) is 4.86. The summed E-state index contributed by atoms with van der Waals surface area (Å²) in [7, 11) is 2.14. The van der Waals surface area contributed by atoms with Crippen molar-refractivity contribution in [3.05, 3.63) is 0 Å². The van der Waals surface area contributed by atoms with Crippen LogP contribution in [0.15, 0.2) is 0 Å². The van der Waals surface area contributed by atoms with Gasteiger partial charge in [-0.05, 0) is 33.4 Å². The standard InChI is InChI=1S/C10H23NO/c1-6-11(5)7-10(4)8-12-9(2)3/h9-10H,6-8H2,1-5H3. The van der Waals surface area contributed by atoms with Crippen molar-refractivity contribution < 1.29 is 4.74 Å². The predicted octanol–water partition coefficient (Wildman–Crippen LogP) is 2.00. The molecule has 0 saturated carbocycles. The Kier molecular flexibility index (Phi) is 6.39. The van der Waals surface area contributed by atoms with Gasteiger partial charge in [0.05, 0.1) is 12.7 Å². The Hall–Kier alpha value is -0.0800. The van der Waals surface area contributed by atoms with Crippen LogP contribution in [-0.2, 0) is 4.74 Å². The zero-order chi connectivity index (χ0) is 9.56. The summed E-state index contributed by atoms with van der Waals surface area (Å²) in [5.74, 6) is 0.636. The van der Waals surface area contributed by atoms with Crippen molar-refractivity contribution in [3.8, 4) is 0 Å². The van der Waals surface area contributed by atoms with Gasteiger partial charge in [0.25, 0.3) is 0 Å². The Balaban J connectivity index is 3.39. The van der Waals surface area contributed by atoms with Crippen LogP contribution in [0.5, 0.6) is 0 Å². The molecule has 0 amide bonds. The molecular formula is C10H23NO. The van der Waals surface area contributed by atoms with E-state index in [0.717, 1.165) is 19.7 Å². The van der Waals surface area contributed by atoms with Crippen LogP contribution in [0.25, 0.3) is 0 Å². The van der Waals surface area contributed by atoms with Crippen molar-refractivity contribution in [1.29, 1.82) is 0 Å². The first kappa shape index (κ1) is 11.9. The normalized spacial score (nSPS) is 14.2. The summed E-state index contributed by atoms with van der Waals surface area (Å²) in [5.41, 5.74) is 0. The maximum absolute atomic E-state index is 5.52. The molecule has 0 aliphatic heterocycles. The first-order chi connectivity index (χ1) is 5.56. The fourth-order valence-electron chi connectivity index (χ4n) is 1.07. The molecule has 2 nitrogen and oxygen atoms in total.